The molecule has 1 atom stereocenters. The first-order valence-electron chi connectivity index (χ1n) is 7.88. The molecule has 0 spiro atoms. The summed E-state index contributed by atoms with van der Waals surface area (Å²) >= 11 is 0. The van der Waals surface area contributed by atoms with E-state index in [2.05, 4.69) is 60.3 Å². The van der Waals surface area contributed by atoms with Crippen LogP contribution in [0.2, 0.25) is 0 Å². The van der Waals surface area contributed by atoms with Crippen molar-refractivity contribution in [1.29, 1.82) is 5.26 Å². The predicted octanol–water partition coefficient (Wildman–Crippen LogP) is 2.17. The Morgan fingerprint density at radius 3 is 2.81 bits per heavy atom. The zero-order valence-corrected chi connectivity index (χ0v) is 13.4. The molecule has 0 radical (unpaired) electrons. The Morgan fingerprint density at radius 2 is 2.14 bits per heavy atom. The lowest BCUT2D eigenvalue weighted by atomic mass is 10.0. The van der Waals surface area contributed by atoms with E-state index < -0.39 is 0 Å². The molecule has 0 aliphatic carbocycles. The number of fused-ring (bicyclic) bond motifs is 1. The van der Waals surface area contributed by atoms with Gasteiger partial charge in [-0.2, -0.15) is 5.26 Å². The Bertz CT molecular complexity index is 502. The summed E-state index contributed by atoms with van der Waals surface area (Å²) < 4.78 is 0. The third-order valence-corrected chi connectivity index (χ3v) is 4.36. The first-order chi connectivity index (χ1) is 10.2. The number of anilines is 1. The van der Waals surface area contributed by atoms with Crippen molar-refractivity contribution in [2.24, 2.45) is 0 Å². The fraction of sp³-hybridized carbons (Fsp3) is 0.588. The highest BCUT2D eigenvalue weighted by atomic mass is 15.1. The Hall–Kier alpha value is -1.57. The van der Waals surface area contributed by atoms with Crippen LogP contribution in [0.3, 0.4) is 0 Å². The molecule has 0 saturated carbocycles. The smallest absolute Gasteiger partial charge is 0.121 e. The maximum atomic E-state index is 9.42. The van der Waals surface area contributed by atoms with Gasteiger partial charge >= 0.3 is 0 Å². The standard InChI is InChI=1S/C17H26N4/c1-4-21(5-2)11-9-19-16(13-18)14-6-7-17-15(12-14)8-10-20(17)3/h6-7,12,16,19H,4-5,8-11H2,1-3H3. The molecule has 0 fully saturated rings. The Morgan fingerprint density at radius 1 is 1.38 bits per heavy atom. The largest absolute Gasteiger partial charge is 0.374 e. The van der Waals surface area contributed by atoms with E-state index in [4.69, 9.17) is 0 Å². The Kier molecular flexibility index (Phi) is 5.60. The van der Waals surface area contributed by atoms with Crippen LogP contribution >= 0.6 is 0 Å². The molecule has 1 aliphatic rings. The quantitative estimate of drug-likeness (QED) is 0.834. The summed E-state index contributed by atoms with van der Waals surface area (Å²) in [6.07, 6.45) is 1.08. The molecular formula is C17H26N4. The van der Waals surface area contributed by atoms with E-state index in [-0.39, 0.29) is 6.04 Å². The summed E-state index contributed by atoms with van der Waals surface area (Å²) in [5.74, 6) is 0. The fourth-order valence-corrected chi connectivity index (χ4v) is 2.91. The van der Waals surface area contributed by atoms with Gasteiger partial charge in [-0.05, 0) is 36.7 Å². The molecule has 1 heterocycles. The SMILES string of the molecule is CCN(CC)CCNC(C#N)c1ccc2c(c1)CCN2C. The molecule has 1 aromatic rings. The Labute approximate surface area is 128 Å². The minimum Gasteiger partial charge on any atom is -0.374 e. The summed E-state index contributed by atoms with van der Waals surface area (Å²) in [6, 6.07) is 8.60. The third-order valence-electron chi connectivity index (χ3n) is 4.36. The molecule has 4 heteroatoms. The molecule has 1 aromatic carbocycles. The minimum absolute atomic E-state index is 0.211. The number of nitrogens with one attached hydrogen (secondary N) is 1. The van der Waals surface area contributed by atoms with Crippen LogP contribution in [0.1, 0.15) is 31.0 Å². The van der Waals surface area contributed by atoms with Crippen molar-refractivity contribution in [3.05, 3.63) is 29.3 Å². The van der Waals surface area contributed by atoms with Crippen LogP contribution in [0.15, 0.2) is 18.2 Å². The highest BCUT2D eigenvalue weighted by Crippen LogP contribution is 2.29. The van der Waals surface area contributed by atoms with Crippen molar-refractivity contribution in [2.75, 3.05) is 44.7 Å². The van der Waals surface area contributed by atoms with E-state index in [0.29, 0.717) is 0 Å². The topological polar surface area (TPSA) is 42.3 Å². The average molecular weight is 286 g/mol. The minimum atomic E-state index is -0.211. The second-order valence-corrected chi connectivity index (χ2v) is 5.60. The van der Waals surface area contributed by atoms with Gasteiger partial charge in [-0.1, -0.05) is 26.0 Å². The predicted molar refractivity (Wildman–Crippen MR) is 87.6 cm³/mol. The number of rotatable bonds is 7. The highest BCUT2D eigenvalue weighted by Gasteiger charge is 2.18. The number of likely N-dealkylation sites (N-methyl/N-ethyl adjacent to an activating group) is 2. The van der Waals surface area contributed by atoms with Crippen LogP contribution < -0.4 is 10.2 Å². The lowest BCUT2D eigenvalue weighted by molar-refractivity contribution is 0.300. The summed E-state index contributed by atoms with van der Waals surface area (Å²) in [6.45, 7) is 9.35. The lowest BCUT2D eigenvalue weighted by Gasteiger charge is -2.20. The number of nitrogens with zero attached hydrogens (tertiary/aromatic N) is 3. The van der Waals surface area contributed by atoms with Crippen LogP contribution in [0.5, 0.6) is 0 Å². The molecule has 2 rings (SSSR count). The van der Waals surface area contributed by atoms with Gasteiger partial charge in [0.15, 0.2) is 0 Å². The first kappa shape index (κ1) is 15.8. The molecule has 114 valence electrons. The van der Waals surface area contributed by atoms with Crippen molar-refractivity contribution in [1.82, 2.24) is 10.2 Å². The van der Waals surface area contributed by atoms with Crippen LogP contribution in [0.25, 0.3) is 0 Å². The molecule has 0 aromatic heterocycles. The van der Waals surface area contributed by atoms with Crippen molar-refractivity contribution in [3.63, 3.8) is 0 Å². The lowest BCUT2D eigenvalue weighted by Crippen LogP contribution is -2.33. The van der Waals surface area contributed by atoms with Crippen molar-refractivity contribution in [2.45, 2.75) is 26.3 Å². The van der Waals surface area contributed by atoms with Gasteiger partial charge < -0.3 is 9.80 Å². The van der Waals surface area contributed by atoms with Gasteiger partial charge in [-0.15, -0.1) is 0 Å². The molecule has 21 heavy (non-hydrogen) atoms. The normalized spacial score (nSPS) is 15.1. The average Bonchev–Trinajstić information content (AvgIpc) is 2.88. The van der Waals surface area contributed by atoms with Gasteiger partial charge in [-0.25, -0.2) is 0 Å². The van der Waals surface area contributed by atoms with Crippen LogP contribution in [0.4, 0.5) is 5.69 Å². The van der Waals surface area contributed by atoms with Crippen LogP contribution in [0, 0.1) is 11.3 Å². The van der Waals surface area contributed by atoms with E-state index >= 15 is 0 Å². The maximum absolute atomic E-state index is 9.42. The number of hydrogen-bond acceptors (Lipinski definition) is 4. The number of benzene rings is 1. The zero-order valence-electron chi connectivity index (χ0n) is 13.4. The number of hydrogen-bond donors (Lipinski definition) is 1. The molecule has 4 nitrogen and oxygen atoms in total. The van der Waals surface area contributed by atoms with Gasteiger partial charge in [0, 0.05) is 32.4 Å². The summed E-state index contributed by atoms with van der Waals surface area (Å²) in [5.41, 5.74) is 3.76. The van der Waals surface area contributed by atoms with Gasteiger partial charge in [0.05, 0.1) is 6.07 Å². The summed E-state index contributed by atoms with van der Waals surface area (Å²) in [5, 5.41) is 12.8. The Balaban J connectivity index is 1.97. The van der Waals surface area contributed by atoms with Gasteiger partial charge in [-0.3, -0.25) is 5.32 Å². The molecule has 1 unspecified atom stereocenters. The van der Waals surface area contributed by atoms with Crippen molar-refractivity contribution in [3.8, 4) is 6.07 Å². The zero-order chi connectivity index (χ0) is 15.2. The van der Waals surface area contributed by atoms with Gasteiger partial charge in [0.25, 0.3) is 0 Å². The molecule has 1 N–H and O–H groups in total. The van der Waals surface area contributed by atoms with Crippen molar-refractivity contribution < 1.29 is 0 Å². The summed E-state index contributed by atoms with van der Waals surface area (Å²) in [4.78, 5) is 4.63. The van der Waals surface area contributed by atoms with Crippen LogP contribution in [-0.2, 0) is 6.42 Å². The molecular weight excluding hydrogens is 260 g/mol. The van der Waals surface area contributed by atoms with Crippen LogP contribution in [-0.4, -0.2) is 44.7 Å². The molecule has 1 aliphatic heterocycles. The van der Waals surface area contributed by atoms with Crippen molar-refractivity contribution >= 4 is 5.69 Å². The van der Waals surface area contributed by atoms with E-state index in [1.165, 1.54) is 11.3 Å². The van der Waals surface area contributed by atoms with E-state index in [9.17, 15) is 5.26 Å². The first-order valence-corrected chi connectivity index (χ1v) is 7.88. The third kappa shape index (κ3) is 3.75. The summed E-state index contributed by atoms with van der Waals surface area (Å²) in [7, 11) is 2.12. The fourth-order valence-electron chi connectivity index (χ4n) is 2.91. The molecule has 0 bridgehead atoms. The maximum Gasteiger partial charge on any atom is 0.121 e. The second kappa shape index (κ2) is 7.44. The van der Waals surface area contributed by atoms with E-state index in [1.54, 1.807) is 0 Å². The monoisotopic (exact) mass is 286 g/mol. The number of nitriles is 1. The van der Waals surface area contributed by atoms with Gasteiger partial charge in [0.2, 0.25) is 0 Å². The molecule has 0 amide bonds. The second-order valence-electron chi connectivity index (χ2n) is 5.60. The van der Waals surface area contributed by atoms with E-state index in [1.807, 2.05) is 0 Å². The molecule has 0 saturated heterocycles. The highest BCUT2D eigenvalue weighted by molar-refractivity contribution is 5.59. The van der Waals surface area contributed by atoms with Gasteiger partial charge in [0.1, 0.15) is 6.04 Å². The van der Waals surface area contributed by atoms with E-state index in [0.717, 1.165) is 44.7 Å².